The molecule has 0 heterocycles. The predicted octanol–water partition coefficient (Wildman–Crippen LogP) is 2.00. The van der Waals surface area contributed by atoms with Gasteiger partial charge in [0, 0.05) is 12.0 Å². The molecule has 3 rings (SSSR count). The second kappa shape index (κ2) is 2.54. The number of hydrogen-bond donors (Lipinski definition) is 0. The molecule has 0 amide bonds. The lowest BCUT2D eigenvalue weighted by molar-refractivity contribution is 0.0989. The molecule has 0 spiro atoms. The van der Waals surface area contributed by atoms with Crippen molar-refractivity contribution in [2.45, 2.75) is 6.42 Å². The number of carbonyl (C=O) groups excluding carboxylic acids is 1. The van der Waals surface area contributed by atoms with Gasteiger partial charge in [-0.2, -0.15) is 0 Å². The van der Waals surface area contributed by atoms with Gasteiger partial charge < -0.3 is 0 Å². The molecule has 52 valence electrons. The van der Waals surface area contributed by atoms with E-state index in [2.05, 4.69) is 0 Å². The Hall–Kier alpha value is -0.630. The topological polar surface area (TPSA) is 17.1 Å². The van der Waals surface area contributed by atoms with E-state index in [4.69, 9.17) is 0 Å². The summed E-state index contributed by atoms with van der Waals surface area (Å²) >= 11 is 0. The van der Waals surface area contributed by atoms with Crippen molar-refractivity contribution in [2.24, 2.45) is 0 Å². The fraction of sp³-hybridized carbons (Fsp3) is 0.125. The number of Topliss-reactive ketones (excluding diaryl/α,β-unsaturated/α-hetero) is 1. The van der Waals surface area contributed by atoms with Crippen LogP contribution in [0.3, 0.4) is 0 Å². The molecular weight excluding hydrogens is 192 g/mol. The zero-order chi connectivity index (χ0) is 6.27. The lowest BCUT2D eigenvalue weighted by Crippen LogP contribution is -2.08. The molecule has 1 nitrogen and oxygen atoms in total. The van der Waals surface area contributed by atoms with E-state index in [-0.39, 0.29) is 22.8 Å². The van der Waals surface area contributed by atoms with Crippen molar-refractivity contribution >= 4 is 22.8 Å². The van der Waals surface area contributed by atoms with Crippen LogP contribution < -0.4 is 0 Å². The van der Waals surface area contributed by atoms with Gasteiger partial charge in [-0.05, 0) is 5.56 Å². The standard InChI is InChI=1S/C8H6O.BrH/c9-8-5-6-1-3-7(8)4-2-6;/h1-4H,5H2;1H. The number of benzene rings is 1. The van der Waals surface area contributed by atoms with Crippen LogP contribution in [0.2, 0.25) is 0 Å². The molecule has 2 aliphatic carbocycles. The van der Waals surface area contributed by atoms with Gasteiger partial charge in [-0.1, -0.05) is 24.3 Å². The largest absolute Gasteiger partial charge is 0.294 e. The molecule has 10 heavy (non-hydrogen) atoms. The highest BCUT2D eigenvalue weighted by molar-refractivity contribution is 8.93. The Kier molecular flexibility index (Phi) is 1.90. The van der Waals surface area contributed by atoms with Crippen LogP contribution in [0.4, 0.5) is 0 Å². The Morgan fingerprint density at radius 1 is 1.10 bits per heavy atom. The molecule has 0 aromatic heterocycles. The summed E-state index contributed by atoms with van der Waals surface area (Å²) in [6.07, 6.45) is 0.613. The molecule has 0 fully saturated rings. The minimum Gasteiger partial charge on any atom is -0.294 e. The molecule has 0 saturated heterocycles. The summed E-state index contributed by atoms with van der Waals surface area (Å²) in [4.78, 5) is 10.9. The fourth-order valence-corrected chi connectivity index (χ4v) is 1.10. The summed E-state index contributed by atoms with van der Waals surface area (Å²) in [7, 11) is 0. The van der Waals surface area contributed by atoms with Gasteiger partial charge in [0.1, 0.15) is 0 Å². The summed E-state index contributed by atoms with van der Waals surface area (Å²) in [6, 6.07) is 7.75. The maximum absolute atomic E-state index is 10.9. The fourth-order valence-electron chi connectivity index (χ4n) is 1.10. The van der Waals surface area contributed by atoms with Gasteiger partial charge >= 0.3 is 0 Å². The number of fused-ring (bicyclic) bond motifs is 3. The molecule has 0 atom stereocenters. The Morgan fingerprint density at radius 2 is 1.70 bits per heavy atom. The van der Waals surface area contributed by atoms with Gasteiger partial charge in [0.15, 0.2) is 5.78 Å². The van der Waals surface area contributed by atoms with Crippen LogP contribution in [0.5, 0.6) is 0 Å². The van der Waals surface area contributed by atoms with Gasteiger partial charge in [-0.25, -0.2) is 0 Å². The average molecular weight is 199 g/mol. The number of ketones is 1. The SMILES string of the molecule is Br.O=C1Cc2ccc1cc2. The third-order valence-corrected chi connectivity index (χ3v) is 1.64. The van der Waals surface area contributed by atoms with Crippen molar-refractivity contribution < 1.29 is 4.79 Å². The summed E-state index contributed by atoms with van der Waals surface area (Å²) in [6.45, 7) is 0. The lowest BCUT2D eigenvalue weighted by atomic mass is 9.95. The quantitative estimate of drug-likeness (QED) is 0.624. The Bertz CT molecular complexity index is 250. The smallest absolute Gasteiger partial charge is 0.167 e. The first-order valence-corrected chi connectivity index (χ1v) is 2.98. The van der Waals surface area contributed by atoms with Crippen molar-refractivity contribution in [1.29, 1.82) is 0 Å². The Morgan fingerprint density at radius 3 is 1.90 bits per heavy atom. The average Bonchev–Trinajstić information content (AvgIpc) is 1.90. The van der Waals surface area contributed by atoms with Crippen LogP contribution in [0.1, 0.15) is 15.9 Å². The maximum Gasteiger partial charge on any atom is 0.167 e. The van der Waals surface area contributed by atoms with E-state index in [9.17, 15) is 4.79 Å². The van der Waals surface area contributed by atoms with E-state index in [0.717, 1.165) is 11.1 Å². The lowest BCUT2D eigenvalue weighted by Gasteiger charge is -2.08. The summed E-state index contributed by atoms with van der Waals surface area (Å²) in [5, 5.41) is 0. The van der Waals surface area contributed by atoms with Crippen molar-refractivity contribution in [3.8, 4) is 0 Å². The molecule has 1 aromatic rings. The minimum absolute atomic E-state index is 0. The molecule has 1 aromatic carbocycles. The summed E-state index contributed by atoms with van der Waals surface area (Å²) in [5.74, 6) is 0.259. The number of rotatable bonds is 0. The zero-order valence-electron chi connectivity index (χ0n) is 5.33. The van der Waals surface area contributed by atoms with Gasteiger partial charge in [0.05, 0.1) is 0 Å². The molecule has 2 heteroatoms. The van der Waals surface area contributed by atoms with E-state index in [1.165, 1.54) is 0 Å². The van der Waals surface area contributed by atoms with E-state index in [1.54, 1.807) is 0 Å². The number of carbonyl (C=O) groups is 1. The second-order valence-electron chi connectivity index (χ2n) is 2.30. The Balaban J connectivity index is 0.000000500. The predicted molar refractivity (Wildman–Crippen MR) is 44.8 cm³/mol. The monoisotopic (exact) mass is 198 g/mol. The van der Waals surface area contributed by atoms with Gasteiger partial charge in [-0.15, -0.1) is 17.0 Å². The molecule has 2 aliphatic rings. The van der Waals surface area contributed by atoms with Crippen LogP contribution in [0.15, 0.2) is 24.3 Å². The van der Waals surface area contributed by atoms with Crippen LogP contribution >= 0.6 is 17.0 Å². The van der Waals surface area contributed by atoms with Gasteiger partial charge in [0.25, 0.3) is 0 Å². The molecule has 0 N–H and O–H groups in total. The highest BCUT2D eigenvalue weighted by atomic mass is 79.9. The maximum atomic E-state index is 10.9. The van der Waals surface area contributed by atoms with Gasteiger partial charge in [0.2, 0.25) is 0 Å². The minimum atomic E-state index is 0. The van der Waals surface area contributed by atoms with Crippen molar-refractivity contribution in [2.75, 3.05) is 0 Å². The Labute approximate surface area is 69.8 Å². The molecule has 0 aliphatic heterocycles. The molecule has 0 radical (unpaired) electrons. The highest BCUT2D eigenvalue weighted by Gasteiger charge is 2.11. The first-order chi connectivity index (χ1) is 4.36. The second-order valence-corrected chi connectivity index (χ2v) is 2.30. The highest BCUT2D eigenvalue weighted by Crippen LogP contribution is 2.14. The molecule has 2 bridgehead atoms. The molecular formula is C8H7BrO. The number of hydrogen-bond acceptors (Lipinski definition) is 1. The van der Waals surface area contributed by atoms with E-state index >= 15 is 0 Å². The normalized spacial score (nSPS) is 13.0. The first-order valence-electron chi connectivity index (χ1n) is 2.98. The van der Waals surface area contributed by atoms with Gasteiger partial charge in [-0.3, -0.25) is 4.79 Å². The summed E-state index contributed by atoms with van der Waals surface area (Å²) in [5.41, 5.74) is 1.99. The van der Waals surface area contributed by atoms with Crippen molar-refractivity contribution in [1.82, 2.24) is 0 Å². The molecule has 0 saturated carbocycles. The summed E-state index contributed by atoms with van der Waals surface area (Å²) < 4.78 is 0. The van der Waals surface area contributed by atoms with Crippen LogP contribution in [-0.2, 0) is 6.42 Å². The molecule has 0 unspecified atom stereocenters. The third kappa shape index (κ3) is 0.991. The van der Waals surface area contributed by atoms with Crippen LogP contribution in [0, 0.1) is 0 Å². The van der Waals surface area contributed by atoms with Crippen molar-refractivity contribution in [3.63, 3.8) is 0 Å². The third-order valence-electron chi connectivity index (χ3n) is 1.64. The first kappa shape index (κ1) is 7.48. The van der Waals surface area contributed by atoms with Crippen LogP contribution in [0.25, 0.3) is 0 Å². The van der Waals surface area contributed by atoms with E-state index in [0.29, 0.717) is 6.42 Å². The van der Waals surface area contributed by atoms with E-state index in [1.807, 2.05) is 24.3 Å². The van der Waals surface area contributed by atoms with Crippen LogP contribution in [-0.4, -0.2) is 5.78 Å². The number of halogens is 1. The van der Waals surface area contributed by atoms with E-state index < -0.39 is 0 Å². The zero-order valence-corrected chi connectivity index (χ0v) is 7.05. The van der Waals surface area contributed by atoms with Crippen molar-refractivity contribution in [3.05, 3.63) is 35.4 Å².